The van der Waals surface area contributed by atoms with Gasteiger partial charge in [0.1, 0.15) is 17.1 Å². The highest BCUT2D eigenvalue weighted by molar-refractivity contribution is 7.13. The van der Waals surface area contributed by atoms with Crippen LogP contribution in [0.15, 0.2) is 35.7 Å². The van der Waals surface area contributed by atoms with Gasteiger partial charge < -0.3 is 9.72 Å². The average Bonchev–Trinajstić information content (AvgIpc) is 3.35. The smallest absolute Gasteiger partial charge is 0.435 e. The zero-order chi connectivity index (χ0) is 20.8. The van der Waals surface area contributed by atoms with Gasteiger partial charge in [0, 0.05) is 5.56 Å². The molecule has 1 aromatic carbocycles. The Morgan fingerprint density at radius 3 is 2.52 bits per heavy atom. The number of aromatic amines is 1. The number of rotatable bonds is 4. The number of aromatic nitrogens is 4. The summed E-state index contributed by atoms with van der Waals surface area (Å²) >= 11 is 1.20. The summed E-state index contributed by atoms with van der Waals surface area (Å²) in [4.78, 5) is 15.0. The lowest BCUT2D eigenvalue weighted by atomic mass is 10.1. The normalized spacial score (nSPS) is 12.1. The summed E-state index contributed by atoms with van der Waals surface area (Å²) in [6.45, 7) is 0. The molecule has 4 aromatic rings. The minimum atomic E-state index is -4.75. The van der Waals surface area contributed by atoms with Crippen molar-refractivity contribution in [1.29, 1.82) is 0 Å². The first kappa shape index (κ1) is 19.2. The summed E-state index contributed by atoms with van der Waals surface area (Å²) in [5.41, 5.74) is -1.80. The minimum absolute atomic E-state index is 0.000737. The quantitative estimate of drug-likeness (QED) is 0.425. The number of alkyl halides is 5. The molecule has 0 spiro atoms. The summed E-state index contributed by atoms with van der Waals surface area (Å²) in [6.07, 6.45) is -7.47. The maximum absolute atomic E-state index is 13.6. The second kappa shape index (κ2) is 7.07. The predicted molar refractivity (Wildman–Crippen MR) is 96.9 cm³/mol. The van der Waals surface area contributed by atoms with E-state index in [0.29, 0.717) is 4.88 Å². The molecule has 0 bridgehead atoms. The molecule has 0 atom stereocenters. The number of fused-ring (bicyclic) bond motifs is 1. The largest absolute Gasteiger partial charge is 0.496 e. The molecule has 0 saturated carbocycles. The lowest BCUT2D eigenvalue weighted by Crippen LogP contribution is -2.10. The molecule has 0 aliphatic carbocycles. The van der Waals surface area contributed by atoms with Gasteiger partial charge in [0.15, 0.2) is 17.2 Å². The van der Waals surface area contributed by atoms with E-state index >= 15 is 0 Å². The molecule has 4 rings (SSSR count). The van der Waals surface area contributed by atoms with Crippen molar-refractivity contribution < 1.29 is 26.7 Å². The Kier molecular flexibility index (Phi) is 4.69. The molecular weight excluding hydrogens is 415 g/mol. The highest BCUT2D eigenvalue weighted by Gasteiger charge is 2.37. The van der Waals surface area contributed by atoms with E-state index in [1.807, 2.05) is 0 Å². The van der Waals surface area contributed by atoms with Gasteiger partial charge in [-0.15, -0.1) is 11.3 Å². The maximum atomic E-state index is 13.6. The van der Waals surface area contributed by atoms with E-state index in [1.54, 1.807) is 17.5 Å². The van der Waals surface area contributed by atoms with Gasteiger partial charge in [-0.3, -0.25) is 0 Å². The van der Waals surface area contributed by atoms with Gasteiger partial charge in [0.25, 0.3) is 6.43 Å². The summed E-state index contributed by atoms with van der Waals surface area (Å²) in [5.74, 6) is -0.0551. The van der Waals surface area contributed by atoms with Crippen LogP contribution in [0.4, 0.5) is 22.0 Å². The second-order valence-corrected chi connectivity index (χ2v) is 6.86. The number of nitrogens with one attached hydrogen (secondary N) is 1. The Labute approximate surface area is 164 Å². The number of imidazole rings is 1. The van der Waals surface area contributed by atoms with Gasteiger partial charge in [0.2, 0.25) is 0 Å². The molecule has 0 unspecified atom stereocenters. The van der Waals surface area contributed by atoms with Crippen molar-refractivity contribution in [3.8, 4) is 27.8 Å². The van der Waals surface area contributed by atoms with E-state index in [-0.39, 0.29) is 34.2 Å². The molecule has 0 saturated heterocycles. The lowest BCUT2D eigenvalue weighted by Gasteiger charge is -2.09. The van der Waals surface area contributed by atoms with Crippen molar-refractivity contribution in [2.45, 2.75) is 12.6 Å². The van der Waals surface area contributed by atoms with Crippen LogP contribution < -0.4 is 4.74 Å². The minimum Gasteiger partial charge on any atom is -0.496 e. The van der Waals surface area contributed by atoms with E-state index < -0.39 is 23.8 Å². The topological polar surface area (TPSA) is 63.7 Å². The Morgan fingerprint density at radius 2 is 1.90 bits per heavy atom. The van der Waals surface area contributed by atoms with Crippen LogP contribution in [0.3, 0.4) is 0 Å². The van der Waals surface area contributed by atoms with Crippen LogP contribution in [-0.4, -0.2) is 27.0 Å². The number of nitrogens with zero attached hydrogens (tertiary/aromatic N) is 3. The number of hydrogen-bond acceptors (Lipinski definition) is 5. The molecule has 3 aromatic heterocycles. The van der Waals surface area contributed by atoms with E-state index in [0.717, 1.165) is 12.1 Å². The van der Waals surface area contributed by atoms with Crippen molar-refractivity contribution in [2.75, 3.05) is 7.11 Å². The number of benzene rings is 1. The molecule has 150 valence electrons. The van der Waals surface area contributed by atoms with Gasteiger partial charge in [-0.05, 0) is 23.6 Å². The monoisotopic (exact) mass is 426 g/mol. The molecule has 0 aliphatic heterocycles. The average molecular weight is 426 g/mol. The third-order valence-corrected chi connectivity index (χ3v) is 4.96. The summed E-state index contributed by atoms with van der Waals surface area (Å²) in [7, 11) is 1.27. The molecule has 0 fully saturated rings. The molecule has 29 heavy (non-hydrogen) atoms. The van der Waals surface area contributed by atoms with Gasteiger partial charge in [-0.2, -0.15) is 13.2 Å². The van der Waals surface area contributed by atoms with Crippen LogP contribution in [0.5, 0.6) is 5.75 Å². The first-order valence-electron chi connectivity index (χ1n) is 8.13. The van der Waals surface area contributed by atoms with Gasteiger partial charge in [-0.1, -0.05) is 12.1 Å². The van der Waals surface area contributed by atoms with Crippen LogP contribution in [-0.2, 0) is 6.18 Å². The summed E-state index contributed by atoms with van der Waals surface area (Å²) < 4.78 is 71.8. The van der Waals surface area contributed by atoms with Crippen molar-refractivity contribution in [1.82, 2.24) is 19.9 Å². The van der Waals surface area contributed by atoms with Crippen LogP contribution in [0.1, 0.15) is 17.7 Å². The Balaban J connectivity index is 1.92. The lowest BCUT2D eigenvalue weighted by molar-refractivity contribution is -0.139. The third-order valence-electron chi connectivity index (χ3n) is 4.09. The van der Waals surface area contributed by atoms with E-state index in [1.165, 1.54) is 24.5 Å². The number of ether oxygens (including phenoxy) is 1. The highest BCUT2D eigenvalue weighted by atomic mass is 32.1. The first-order valence-corrected chi connectivity index (χ1v) is 9.01. The highest BCUT2D eigenvalue weighted by Crippen LogP contribution is 2.37. The summed E-state index contributed by atoms with van der Waals surface area (Å²) in [6, 6.07) is 6.85. The van der Waals surface area contributed by atoms with Crippen molar-refractivity contribution in [3.63, 3.8) is 0 Å². The van der Waals surface area contributed by atoms with Crippen LogP contribution in [0.2, 0.25) is 0 Å². The van der Waals surface area contributed by atoms with Crippen molar-refractivity contribution >= 4 is 22.5 Å². The molecule has 5 nitrogen and oxygen atoms in total. The standard InChI is InChI=1S/C18H11F5N4OS/c1-28-10-7-8(14(19)20)4-5-9(10)15-24-12-13(18(21,22)23)25-16(27-17(12)26-15)11-3-2-6-29-11/h2-7,14H,1H3,(H,24,25,26,27). The van der Waals surface area contributed by atoms with Crippen LogP contribution in [0, 0.1) is 0 Å². The predicted octanol–water partition coefficient (Wildman–Crippen LogP) is 5.71. The number of halogens is 5. The fourth-order valence-electron chi connectivity index (χ4n) is 2.79. The Hall–Kier alpha value is -3.08. The number of H-pyrrole nitrogens is 1. The van der Waals surface area contributed by atoms with E-state index in [4.69, 9.17) is 4.74 Å². The van der Waals surface area contributed by atoms with E-state index in [9.17, 15) is 22.0 Å². The van der Waals surface area contributed by atoms with Crippen LogP contribution in [0.25, 0.3) is 33.3 Å². The molecular formula is C18H11F5N4OS. The zero-order valence-electron chi connectivity index (χ0n) is 14.6. The number of hydrogen-bond donors (Lipinski definition) is 1. The third kappa shape index (κ3) is 3.53. The zero-order valence-corrected chi connectivity index (χ0v) is 15.4. The van der Waals surface area contributed by atoms with Crippen molar-refractivity contribution in [3.05, 3.63) is 47.0 Å². The molecule has 11 heteroatoms. The fourth-order valence-corrected chi connectivity index (χ4v) is 3.44. The Bertz CT molecular complexity index is 1170. The molecule has 0 aliphatic rings. The molecule has 3 heterocycles. The van der Waals surface area contributed by atoms with Gasteiger partial charge in [0.05, 0.1) is 17.6 Å². The van der Waals surface area contributed by atoms with Crippen LogP contribution >= 0.6 is 11.3 Å². The molecule has 1 N–H and O–H groups in total. The number of methoxy groups -OCH3 is 1. The van der Waals surface area contributed by atoms with Gasteiger partial charge in [-0.25, -0.2) is 23.7 Å². The molecule has 0 radical (unpaired) electrons. The van der Waals surface area contributed by atoms with Crippen molar-refractivity contribution in [2.24, 2.45) is 0 Å². The second-order valence-electron chi connectivity index (χ2n) is 5.92. The maximum Gasteiger partial charge on any atom is 0.435 e. The first-order chi connectivity index (χ1) is 13.8. The van der Waals surface area contributed by atoms with E-state index in [2.05, 4.69) is 19.9 Å². The molecule has 0 amide bonds. The SMILES string of the molecule is COc1cc(C(F)F)ccc1-c1nc2nc(-c3cccs3)nc(C(F)(F)F)c2[nH]1. The Morgan fingerprint density at radius 1 is 1.10 bits per heavy atom. The fraction of sp³-hybridized carbons (Fsp3) is 0.167. The van der Waals surface area contributed by atoms with Gasteiger partial charge >= 0.3 is 6.18 Å². The number of thiophene rings is 1. The summed E-state index contributed by atoms with van der Waals surface area (Å²) in [5, 5.41) is 1.70.